The normalized spacial score (nSPS) is 26.2. The number of aliphatic carboxylic acids is 2. The molecule has 5 atom stereocenters. The van der Waals surface area contributed by atoms with Crippen LogP contribution in [0.2, 0.25) is 0 Å². The van der Waals surface area contributed by atoms with Crippen molar-refractivity contribution >= 4 is 18.1 Å². The molecule has 2 fully saturated rings. The molecule has 1 saturated heterocycles. The van der Waals surface area contributed by atoms with Gasteiger partial charge in [0, 0.05) is 17.4 Å². The Morgan fingerprint density at radius 3 is 2.49 bits per heavy atom. The Morgan fingerprint density at radius 1 is 1.14 bits per heavy atom. The second kappa shape index (κ2) is 11.3. The summed E-state index contributed by atoms with van der Waals surface area (Å²) in [5, 5.41) is 36.9. The van der Waals surface area contributed by atoms with Crippen LogP contribution in [-0.2, 0) is 26.2 Å². The van der Waals surface area contributed by atoms with Crippen molar-refractivity contribution in [1.82, 2.24) is 5.32 Å². The molecule has 1 heterocycles. The van der Waals surface area contributed by atoms with Crippen molar-refractivity contribution in [3.05, 3.63) is 29.3 Å². The van der Waals surface area contributed by atoms with Crippen LogP contribution in [0.4, 0.5) is 4.79 Å². The summed E-state index contributed by atoms with van der Waals surface area (Å²) in [6.45, 7) is 4.89. The van der Waals surface area contributed by atoms with Crippen molar-refractivity contribution in [1.29, 1.82) is 0 Å². The number of nitrogens with one attached hydrogen (secondary N) is 1. The Labute approximate surface area is 204 Å². The van der Waals surface area contributed by atoms with E-state index in [9.17, 15) is 14.4 Å². The molecule has 10 heteroatoms. The van der Waals surface area contributed by atoms with Gasteiger partial charge >= 0.3 is 18.1 Å². The molecule has 5 N–H and O–H groups in total. The molecule has 2 unspecified atom stereocenters. The van der Waals surface area contributed by atoms with E-state index in [0.717, 1.165) is 18.7 Å². The van der Waals surface area contributed by atoms with Crippen molar-refractivity contribution in [2.45, 2.75) is 82.6 Å². The number of fused-ring (bicyclic) bond motifs is 1. The van der Waals surface area contributed by atoms with E-state index in [1.807, 2.05) is 19.9 Å². The fraction of sp³-hybridized carbons (Fsp3) is 0.640. The lowest BCUT2D eigenvalue weighted by Crippen LogP contribution is -2.59. The van der Waals surface area contributed by atoms with Crippen LogP contribution in [0, 0.1) is 11.8 Å². The lowest BCUT2D eigenvalue weighted by atomic mass is 9.53. The largest absolute Gasteiger partial charge is 0.508 e. The number of aliphatic hydroxyl groups excluding tert-OH is 1. The quantitative estimate of drug-likeness (QED) is 0.282. The highest BCUT2D eigenvalue weighted by molar-refractivity contribution is 5.79. The van der Waals surface area contributed by atoms with Crippen LogP contribution in [0.1, 0.15) is 63.5 Å². The first-order valence-corrected chi connectivity index (χ1v) is 12.1. The number of hydrogen-bond donors (Lipinski definition) is 5. The maximum Gasteiger partial charge on any atom is 0.508 e. The molecule has 0 spiro atoms. The predicted molar refractivity (Wildman–Crippen MR) is 124 cm³/mol. The molecular formula is C25H35NO9. The van der Waals surface area contributed by atoms with Gasteiger partial charge < -0.3 is 35.2 Å². The third kappa shape index (κ3) is 6.24. The van der Waals surface area contributed by atoms with E-state index in [4.69, 9.17) is 29.9 Å². The van der Waals surface area contributed by atoms with Crippen LogP contribution >= 0.6 is 0 Å². The Balaban J connectivity index is 0.000000327. The first-order valence-electron chi connectivity index (χ1n) is 12.1. The highest BCUT2D eigenvalue weighted by Gasteiger charge is 2.51. The standard InChI is InChI=1S/C21H29NO4.C4H6O5/c1-13(2)19(26-20(23)24)25-15-7-6-14-11-18-16-5-3-4-8-21(16,9-10-22-18)17(14)12-15;5-2(4(8)9)1-3(6)7/h6-7,12-13,16,18-19,22H,3-5,8-11H2,1-2H3,(H,23,24);2,5H,1H2,(H,6,7)(H,8,9)/t16-,18+,19?,21+;/m0./s1. The van der Waals surface area contributed by atoms with Crippen molar-refractivity contribution in [2.75, 3.05) is 6.54 Å². The Morgan fingerprint density at radius 2 is 1.89 bits per heavy atom. The maximum atomic E-state index is 11.0. The molecule has 3 aliphatic rings. The zero-order valence-electron chi connectivity index (χ0n) is 20.1. The summed E-state index contributed by atoms with van der Waals surface area (Å²) in [5.74, 6) is -1.46. The second-order valence-electron chi connectivity index (χ2n) is 9.91. The van der Waals surface area contributed by atoms with Crippen molar-refractivity contribution < 1.29 is 44.3 Å². The van der Waals surface area contributed by atoms with Gasteiger partial charge in [0.25, 0.3) is 0 Å². The Hall–Kier alpha value is -2.85. The van der Waals surface area contributed by atoms with Gasteiger partial charge in [0.2, 0.25) is 6.29 Å². The van der Waals surface area contributed by atoms with Crippen LogP contribution in [-0.4, -0.2) is 63.5 Å². The monoisotopic (exact) mass is 493 g/mol. The topological polar surface area (TPSA) is 163 Å². The van der Waals surface area contributed by atoms with Crippen molar-refractivity contribution in [3.8, 4) is 5.75 Å². The Bertz CT molecular complexity index is 930. The minimum atomic E-state index is -1.79. The van der Waals surface area contributed by atoms with E-state index in [-0.39, 0.29) is 11.3 Å². The van der Waals surface area contributed by atoms with Crippen LogP contribution in [0.5, 0.6) is 5.75 Å². The van der Waals surface area contributed by atoms with E-state index >= 15 is 0 Å². The summed E-state index contributed by atoms with van der Waals surface area (Å²) < 4.78 is 10.9. The zero-order chi connectivity index (χ0) is 25.8. The van der Waals surface area contributed by atoms with Gasteiger partial charge in [-0.1, -0.05) is 32.8 Å². The van der Waals surface area contributed by atoms with Gasteiger partial charge in [0.05, 0.1) is 6.42 Å². The van der Waals surface area contributed by atoms with E-state index in [1.54, 1.807) is 0 Å². The highest BCUT2D eigenvalue weighted by Crippen LogP contribution is 2.54. The number of carboxylic acids is 2. The van der Waals surface area contributed by atoms with E-state index in [1.165, 1.54) is 43.2 Å². The van der Waals surface area contributed by atoms with E-state index < -0.39 is 36.9 Å². The minimum Gasteiger partial charge on any atom is -0.481 e. The van der Waals surface area contributed by atoms with Gasteiger partial charge in [-0.25, -0.2) is 9.59 Å². The molecule has 0 amide bonds. The number of rotatable bonds is 7. The third-order valence-corrected chi connectivity index (χ3v) is 7.29. The van der Waals surface area contributed by atoms with Gasteiger partial charge in [-0.15, -0.1) is 0 Å². The molecule has 194 valence electrons. The van der Waals surface area contributed by atoms with Crippen LogP contribution in [0.25, 0.3) is 0 Å². The average Bonchev–Trinajstić information content (AvgIpc) is 2.78. The molecule has 1 aromatic rings. The number of carbonyl (C=O) groups is 3. The van der Waals surface area contributed by atoms with Gasteiger partial charge in [-0.05, 0) is 61.4 Å². The molecule has 4 rings (SSSR count). The van der Waals surface area contributed by atoms with Crippen molar-refractivity contribution in [2.24, 2.45) is 11.8 Å². The summed E-state index contributed by atoms with van der Waals surface area (Å²) in [7, 11) is 0. The number of carboxylic acid groups (broad SMARTS) is 3. The maximum absolute atomic E-state index is 11.0. The molecule has 0 radical (unpaired) electrons. The minimum absolute atomic E-state index is 0.0500. The molecule has 1 saturated carbocycles. The van der Waals surface area contributed by atoms with Crippen LogP contribution in [0.3, 0.4) is 0 Å². The first-order chi connectivity index (χ1) is 16.5. The summed E-state index contributed by atoms with van der Waals surface area (Å²) in [5.41, 5.74) is 3.13. The second-order valence-corrected chi connectivity index (χ2v) is 9.91. The van der Waals surface area contributed by atoms with Gasteiger partial charge in [0.1, 0.15) is 5.75 Å². The van der Waals surface area contributed by atoms with Gasteiger partial charge in [-0.3, -0.25) is 4.79 Å². The molecule has 10 nitrogen and oxygen atoms in total. The fourth-order valence-electron chi connectivity index (χ4n) is 5.76. The van der Waals surface area contributed by atoms with E-state index in [0.29, 0.717) is 12.0 Å². The SMILES string of the molecule is CC(C)C(OC(=O)O)Oc1ccc2c(c1)[C@@]13CCCC[C@H]1[C@@H](C2)NCC3.O=C(O)CC(O)C(=O)O. The highest BCUT2D eigenvalue weighted by atomic mass is 16.8. The molecule has 2 bridgehead atoms. The number of piperidine rings is 1. The molecule has 0 aromatic heterocycles. The van der Waals surface area contributed by atoms with E-state index in [2.05, 4.69) is 17.4 Å². The number of aliphatic hydroxyl groups is 1. The number of benzene rings is 1. The zero-order valence-corrected chi connectivity index (χ0v) is 20.1. The molecular weight excluding hydrogens is 458 g/mol. The summed E-state index contributed by atoms with van der Waals surface area (Å²) >= 11 is 0. The van der Waals surface area contributed by atoms with Gasteiger partial charge in [-0.2, -0.15) is 0 Å². The fourth-order valence-corrected chi connectivity index (χ4v) is 5.76. The summed E-state index contributed by atoms with van der Waals surface area (Å²) in [4.78, 5) is 30.4. The van der Waals surface area contributed by atoms with Crippen molar-refractivity contribution in [3.63, 3.8) is 0 Å². The third-order valence-electron chi connectivity index (χ3n) is 7.29. The predicted octanol–water partition coefficient (Wildman–Crippen LogP) is 2.99. The summed E-state index contributed by atoms with van der Waals surface area (Å²) in [6.07, 6.45) is 2.83. The Kier molecular flexibility index (Phi) is 8.60. The molecule has 2 aliphatic carbocycles. The molecule has 35 heavy (non-hydrogen) atoms. The first kappa shape index (κ1) is 26.7. The number of ether oxygens (including phenoxy) is 2. The lowest BCUT2D eigenvalue weighted by molar-refractivity contribution is -0.152. The average molecular weight is 494 g/mol. The number of hydrogen-bond acceptors (Lipinski definition) is 7. The van der Waals surface area contributed by atoms with Crippen LogP contribution in [0.15, 0.2) is 18.2 Å². The lowest BCUT2D eigenvalue weighted by Gasteiger charge is -2.56. The molecule has 1 aliphatic heterocycles. The smallest absolute Gasteiger partial charge is 0.481 e. The van der Waals surface area contributed by atoms with Crippen LogP contribution < -0.4 is 10.1 Å². The van der Waals surface area contributed by atoms with Gasteiger partial charge in [0.15, 0.2) is 6.10 Å². The molecule has 1 aromatic carbocycles. The summed E-state index contributed by atoms with van der Waals surface area (Å²) in [6, 6.07) is 6.92.